The van der Waals surface area contributed by atoms with Gasteiger partial charge in [0.1, 0.15) is 5.82 Å². The lowest BCUT2D eigenvalue weighted by Crippen LogP contribution is -2.42. The van der Waals surface area contributed by atoms with Crippen LogP contribution >= 0.6 is 11.3 Å². The molecule has 0 aliphatic heterocycles. The molecule has 0 bridgehead atoms. The van der Waals surface area contributed by atoms with E-state index in [9.17, 15) is 4.39 Å². The molecule has 1 aliphatic carbocycles. The van der Waals surface area contributed by atoms with E-state index in [4.69, 9.17) is 0 Å². The van der Waals surface area contributed by atoms with E-state index in [0.29, 0.717) is 6.54 Å². The van der Waals surface area contributed by atoms with Crippen molar-refractivity contribution in [2.24, 2.45) is 4.99 Å². The fraction of sp³-hybridized carbons (Fsp3) is 0.389. The quantitative estimate of drug-likeness (QED) is 0.669. The summed E-state index contributed by atoms with van der Waals surface area (Å²) in [6.45, 7) is 1.53. The minimum atomic E-state index is -0.103. The van der Waals surface area contributed by atoms with Crippen LogP contribution in [0, 0.1) is 5.82 Å². The van der Waals surface area contributed by atoms with E-state index in [1.807, 2.05) is 19.2 Å². The van der Waals surface area contributed by atoms with Gasteiger partial charge in [0.25, 0.3) is 0 Å². The van der Waals surface area contributed by atoms with Gasteiger partial charge in [-0.1, -0.05) is 18.2 Å². The number of hydrogen-bond acceptors (Lipinski definition) is 2. The van der Waals surface area contributed by atoms with Crippen LogP contribution in [0.4, 0.5) is 4.39 Å². The van der Waals surface area contributed by atoms with Crippen molar-refractivity contribution in [3.63, 3.8) is 0 Å². The molecule has 0 radical (unpaired) electrons. The van der Waals surface area contributed by atoms with Gasteiger partial charge in [0.2, 0.25) is 0 Å². The highest BCUT2D eigenvalue weighted by atomic mass is 32.1. The molecule has 5 heteroatoms. The Labute approximate surface area is 140 Å². The Morgan fingerprint density at radius 2 is 2.13 bits per heavy atom. The maximum atomic E-state index is 14.1. The van der Waals surface area contributed by atoms with Crippen LogP contribution in [0.15, 0.2) is 46.1 Å². The van der Waals surface area contributed by atoms with Crippen LogP contribution in [0.1, 0.15) is 24.0 Å². The summed E-state index contributed by atoms with van der Waals surface area (Å²) in [6, 6.07) is 9.23. The van der Waals surface area contributed by atoms with E-state index in [2.05, 4.69) is 32.0 Å². The van der Waals surface area contributed by atoms with Crippen molar-refractivity contribution in [2.75, 3.05) is 20.6 Å². The first-order valence-electron chi connectivity index (χ1n) is 7.82. The number of nitrogens with zero attached hydrogens (tertiary/aromatic N) is 2. The number of benzene rings is 1. The molecule has 23 heavy (non-hydrogen) atoms. The molecule has 0 unspecified atom stereocenters. The zero-order chi connectivity index (χ0) is 16.3. The van der Waals surface area contributed by atoms with Gasteiger partial charge in [-0.3, -0.25) is 4.99 Å². The van der Waals surface area contributed by atoms with E-state index in [-0.39, 0.29) is 11.2 Å². The Morgan fingerprint density at radius 1 is 1.35 bits per heavy atom. The van der Waals surface area contributed by atoms with Crippen LogP contribution in [0.3, 0.4) is 0 Å². The predicted octanol–water partition coefficient (Wildman–Crippen LogP) is 3.63. The second-order valence-corrected chi connectivity index (χ2v) is 6.93. The maximum absolute atomic E-state index is 14.1. The molecule has 1 heterocycles. The van der Waals surface area contributed by atoms with Crippen molar-refractivity contribution in [3.8, 4) is 0 Å². The van der Waals surface area contributed by atoms with Gasteiger partial charge in [-0.25, -0.2) is 4.39 Å². The average molecular weight is 331 g/mol. The molecule has 0 amide bonds. The Kier molecular flexibility index (Phi) is 4.66. The Morgan fingerprint density at radius 3 is 2.74 bits per heavy atom. The third-order valence-electron chi connectivity index (χ3n) is 4.46. The molecule has 2 aromatic rings. The molecule has 1 saturated carbocycles. The van der Waals surface area contributed by atoms with Crippen LogP contribution in [0.25, 0.3) is 0 Å². The minimum Gasteiger partial charge on any atom is -0.355 e. The molecule has 1 N–H and O–H groups in total. The molecule has 0 saturated heterocycles. The van der Waals surface area contributed by atoms with Gasteiger partial charge in [-0.2, -0.15) is 11.3 Å². The monoisotopic (exact) mass is 331 g/mol. The standard InChI is InChI=1S/C18H22FN3S/c1-20-17(22(2)11-14-7-10-23-12-14)21-13-18(8-9-18)15-5-3-4-6-16(15)19/h3-7,10,12H,8-9,11,13H2,1-2H3,(H,20,21). The van der Waals surface area contributed by atoms with Crippen LogP contribution in [0.5, 0.6) is 0 Å². The molecular weight excluding hydrogens is 309 g/mol. The third kappa shape index (κ3) is 3.55. The van der Waals surface area contributed by atoms with Crippen molar-refractivity contribution in [2.45, 2.75) is 24.8 Å². The summed E-state index contributed by atoms with van der Waals surface area (Å²) in [6.07, 6.45) is 2.04. The first-order valence-corrected chi connectivity index (χ1v) is 8.77. The fourth-order valence-electron chi connectivity index (χ4n) is 2.95. The molecule has 3 nitrogen and oxygen atoms in total. The second kappa shape index (κ2) is 6.71. The van der Waals surface area contributed by atoms with E-state index in [1.54, 1.807) is 30.5 Å². The smallest absolute Gasteiger partial charge is 0.193 e. The van der Waals surface area contributed by atoms with Gasteiger partial charge in [-0.05, 0) is 46.9 Å². The molecule has 1 fully saturated rings. The highest BCUT2D eigenvalue weighted by Gasteiger charge is 2.45. The number of thiophene rings is 1. The second-order valence-electron chi connectivity index (χ2n) is 6.15. The summed E-state index contributed by atoms with van der Waals surface area (Å²) in [5.74, 6) is 0.743. The van der Waals surface area contributed by atoms with Gasteiger partial charge in [-0.15, -0.1) is 0 Å². The van der Waals surface area contributed by atoms with Crippen molar-refractivity contribution in [1.29, 1.82) is 0 Å². The van der Waals surface area contributed by atoms with E-state index in [0.717, 1.165) is 30.9 Å². The number of guanidine groups is 1. The largest absolute Gasteiger partial charge is 0.355 e. The summed E-state index contributed by atoms with van der Waals surface area (Å²) in [5.41, 5.74) is 2.02. The topological polar surface area (TPSA) is 27.6 Å². The van der Waals surface area contributed by atoms with Crippen molar-refractivity contribution >= 4 is 17.3 Å². The summed E-state index contributed by atoms with van der Waals surface area (Å²) < 4.78 is 14.1. The lowest BCUT2D eigenvalue weighted by molar-refractivity contribution is 0.468. The van der Waals surface area contributed by atoms with E-state index < -0.39 is 0 Å². The van der Waals surface area contributed by atoms with Gasteiger partial charge in [0.05, 0.1) is 0 Å². The molecule has 1 aliphatic rings. The molecule has 0 atom stereocenters. The lowest BCUT2D eigenvalue weighted by Gasteiger charge is -2.24. The van der Waals surface area contributed by atoms with Gasteiger partial charge in [0, 0.05) is 32.6 Å². The molecule has 1 aromatic carbocycles. The number of hydrogen-bond donors (Lipinski definition) is 1. The SMILES string of the molecule is CN=C(NCC1(c2ccccc2F)CC1)N(C)Cc1ccsc1. The van der Waals surface area contributed by atoms with Crippen LogP contribution < -0.4 is 5.32 Å². The van der Waals surface area contributed by atoms with Crippen molar-refractivity contribution in [3.05, 3.63) is 58.0 Å². The Hall–Kier alpha value is -1.88. The minimum absolute atomic E-state index is 0.0789. The van der Waals surface area contributed by atoms with Crippen LogP contribution in [0.2, 0.25) is 0 Å². The van der Waals surface area contributed by atoms with E-state index >= 15 is 0 Å². The predicted molar refractivity (Wildman–Crippen MR) is 94.5 cm³/mol. The summed E-state index contributed by atoms with van der Waals surface area (Å²) >= 11 is 1.70. The average Bonchev–Trinajstić information content (AvgIpc) is 3.16. The molecular formula is C18H22FN3S. The van der Waals surface area contributed by atoms with Crippen molar-refractivity contribution in [1.82, 2.24) is 10.2 Å². The zero-order valence-corrected chi connectivity index (χ0v) is 14.4. The van der Waals surface area contributed by atoms with Gasteiger partial charge >= 0.3 is 0 Å². The van der Waals surface area contributed by atoms with Crippen LogP contribution in [-0.4, -0.2) is 31.5 Å². The molecule has 122 valence electrons. The number of rotatable bonds is 5. The highest BCUT2D eigenvalue weighted by molar-refractivity contribution is 7.07. The normalized spacial score (nSPS) is 16.2. The molecule has 0 spiro atoms. The lowest BCUT2D eigenvalue weighted by atomic mass is 9.95. The number of nitrogens with one attached hydrogen (secondary N) is 1. The molecule has 1 aromatic heterocycles. The van der Waals surface area contributed by atoms with E-state index in [1.165, 1.54) is 5.56 Å². The number of aliphatic imine (C=N–C) groups is 1. The highest BCUT2D eigenvalue weighted by Crippen LogP contribution is 2.48. The zero-order valence-electron chi connectivity index (χ0n) is 13.6. The molecule has 3 rings (SSSR count). The van der Waals surface area contributed by atoms with Crippen molar-refractivity contribution < 1.29 is 4.39 Å². The first-order chi connectivity index (χ1) is 11.1. The fourth-order valence-corrected chi connectivity index (χ4v) is 3.61. The Balaban J connectivity index is 1.63. The first kappa shape index (κ1) is 16.0. The van der Waals surface area contributed by atoms with Gasteiger partial charge < -0.3 is 10.2 Å². The third-order valence-corrected chi connectivity index (χ3v) is 5.19. The summed E-state index contributed by atoms with van der Waals surface area (Å²) in [7, 11) is 3.81. The Bertz CT molecular complexity index is 677. The number of halogens is 1. The summed E-state index contributed by atoms with van der Waals surface area (Å²) in [4.78, 5) is 6.45. The van der Waals surface area contributed by atoms with Gasteiger partial charge in [0.15, 0.2) is 5.96 Å². The summed E-state index contributed by atoms with van der Waals surface area (Å²) in [5, 5.41) is 7.65. The maximum Gasteiger partial charge on any atom is 0.193 e. The van der Waals surface area contributed by atoms with Crippen LogP contribution in [-0.2, 0) is 12.0 Å².